The summed E-state index contributed by atoms with van der Waals surface area (Å²) >= 11 is 0. The molecule has 0 N–H and O–H groups in total. The number of pyridine rings is 1. The molecule has 1 saturated carbocycles. The molecule has 0 radical (unpaired) electrons. The number of benzene rings is 1. The third-order valence-electron chi connectivity index (χ3n) is 5.79. The number of aryl methyl sites for hydroxylation is 1. The largest absolute Gasteiger partial charge is 0.494 e. The molecular weight excluding hydrogens is 380 g/mol. The number of aromatic nitrogens is 4. The van der Waals surface area contributed by atoms with Gasteiger partial charge in [0.05, 0.1) is 31.0 Å². The molecule has 1 fully saturated rings. The first kappa shape index (κ1) is 18.7. The van der Waals surface area contributed by atoms with E-state index in [0.29, 0.717) is 22.7 Å². The van der Waals surface area contributed by atoms with Gasteiger partial charge in [0, 0.05) is 24.7 Å². The van der Waals surface area contributed by atoms with Crippen LogP contribution in [0.25, 0.3) is 33.6 Å². The van der Waals surface area contributed by atoms with E-state index in [4.69, 9.17) is 14.5 Å². The number of carbonyl (C=O) groups is 1. The van der Waals surface area contributed by atoms with Gasteiger partial charge in [-0.3, -0.25) is 0 Å². The molecule has 3 heterocycles. The number of hydrogen-bond acceptors (Lipinski definition) is 5. The molecule has 30 heavy (non-hydrogen) atoms. The summed E-state index contributed by atoms with van der Waals surface area (Å²) < 4.78 is 15.0. The topological polar surface area (TPSA) is 71.2 Å². The average molecular weight is 404 g/mol. The second-order valence-electron chi connectivity index (χ2n) is 7.72. The number of fused-ring (bicyclic) bond motifs is 2. The highest BCUT2D eigenvalue weighted by atomic mass is 16.5. The van der Waals surface area contributed by atoms with E-state index in [9.17, 15) is 4.79 Å². The monoisotopic (exact) mass is 404 g/mol. The predicted molar refractivity (Wildman–Crippen MR) is 115 cm³/mol. The van der Waals surface area contributed by atoms with Crippen LogP contribution in [-0.2, 0) is 17.8 Å². The lowest BCUT2D eigenvalue weighted by molar-refractivity contribution is 0.0600. The molecule has 0 aliphatic heterocycles. The molecule has 0 bridgehead atoms. The van der Waals surface area contributed by atoms with Gasteiger partial charge >= 0.3 is 5.97 Å². The Morgan fingerprint density at radius 3 is 2.73 bits per heavy atom. The number of rotatable bonds is 6. The van der Waals surface area contributed by atoms with E-state index >= 15 is 0 Å². The lowest BCUT2D eigenvalue weighted by Crippen LogP contribution is -2.07. The molecule has 1 aliphatic rings. The van der Waals surface area contributed by atoms with E-state index in [0.717, 1.165) is 41.2 Å². The molecule has 7 heteroatoms. The summed E-state index contributed by atoms with van der Waals surface area (Å²) in [6.07, 6.45) is 4.35. The number of nitrogens with zero attached hydrogens (tertiary/aromatic N) is 4. The fourth-order valence-corrected chi connectivity index (χ4v) is 4.14. The first-order valence-corrected chi connectivity index (χ1v) is 10.3. The van der Waals surface area contributed by atoms with Gasteiger partial charge in [-0.15, -0.1) is 0 Å². The minimum Gasteiger partial charge on any atom is -0.494 e. The highest BCUT2D eigenvalue weighted by molar-refractivity contribution is 5.97. The SMILES string of the molecule is CCn1c(-c2cc3cccnc3n2CC2CC2)nc2cc(C(=O)OC)cc(OC)c21. The molecule has 4 aromatic rings. The van der Waals surface area contributed by atoms with Crippen molar-refractivity contribution in [3.05, 3.63) is 42.1 Å². The quantitative estimate of drug-likeness (QED) is 0.449. The summed E-state index contributed by atoms with van der Waals surface area (Å²) in [4.78, 5) is 21.7. The summed E-state index contributed by atoms with van der Waals surface area (Å²) in [5, 5.41) is 1.10. The van der Waals surface area contributed by atoms with Crippen molar-refractivity contribution in [3.63, 3.8) is 0 Å². The van der Waals surface area contributed by atoms with Crippen molar-refractivity contribution in [2.75, 3.05) is 14.2 Å². The molecule has 0 atom stereocenters. The Hall–Kier alpha value is -3.35. The first-order valence-electron chi connectivity index (χ1n) is 10.3. The zero-order valence-corrected chi connectivity index (χ0v) is 17.4. The third-order valence-corrected chi connectivity index (χ3v) is 5.79. The van der Waals surface area contributed by atoms with Crippen LogP contribution in [0, 0.1) is 5.92 Å². The Balaban J connectivity index is 1.78. The molecule has 154 valence electrons. The average Bonchev–Trinajstić information content (AvgIpc) is 3.41. The van der Waals surface area contributed by atoms with Crippen LogP contribution in [0.5, 0.6) is 5.75 Å². The number of esters is 1. The number of methoxy groups -OCH3 is 2. The second-order valence-corrected chi connectivity index (χ2v) is 7.72. The van der Waals surface area contributed by atoms with Crippen molar-refractivity contribution in [1.82, 2.24) is 19.1 Å². The van der Waals surface area contributed by atoms with Crippen molar-refractivity contribution in [2.45, 2.75) is 32.9 Å². The third kappa shape index (κ3) is 2.93. The zero-order valence-electron chi connectivity index (χ0n) is 17.4. The molecule has 0 spiro atoms. The van der Waals surface area contributed by atoms with Crippen LogP contribution in [0.2, 0.25) is 0 Å². The molecule has 3 aromatic heterocycles. The van der Waals surface area contributed by atoms with E-state index < -0.39 is 5.97 Å². The van der Waals surface area contributed by atoms with Crippen LogP contribution >= 0.6 is 0 Å². The van der Waals surface area contributed by atoms with Gasteiger partial charge in [0.1, 0.15) is 16.9 Å². The first-order chi connectivity index (χ1) is 14.6. The maximum atomic E-state index is 12.1. The molecular formula is C23H24N4O3. The Kier molecular flexibility index (Phi) is 4.46. The number of ether oxygens (including phenoxy) is 2. The zero-order chi connectivity index (χ0) is 20.8. The van der Waals surface area contributed by atoms with Gasteiger partial charge in [0.2, 0.25) is 0 Å². The Labute approximate surface area is 174 Å². The highest BCUT2D eigenvalue weighted by Crippen LogP contribution is 2.37. The van der Waals surface area contributed by atoms with Crippen LogP contribution in [-0.4, -0.2) is 39.3 Å². The van der Waals surface area contributed by atoms with Crippen LogP contribution < -0.4 is 4.74 Å². The minimum atomic E-state index is -0.408. The van der Waals surface area contributed by atoms with E-state index in [2.05, 4.69) is 33.2 Å². The van der Waals surface area contributed by atoms with Crippen LogP contribution in [0.1, 0.15) is 30.1 Å². The van der Waals surface area contributed by atoms with Gasteiger partial charge in [-0.25, -0.2) is 14.8 Å². The summed E-state index contributed by atoms with van der Waals surface area (Å²) in [7, 11) is 2.98. The molecule has 7 nitrogen and oxygen atoms in total. The van der Waals surface area contributed by atoms with Crippen LogP contribution in [0.4, 0.5) is 0 Å². The maximum absolute atomic E-state index is 12.1. The standard InChI is InChI=1S/C23H24N4O3/c1-4-26-20-17(10-16(23(28)30-3)12-19(20)29-2)25-22(26)18-11-15-6-5-9-24-21(15)27(18)13-14-7-8-14/h5-6,9-12,14H,4,7-8,13H2,1-3H3. The van der Waals surface area contributed by atoms with E-state index in [1.165, 1.54) is 20.0 Å². The maximum Gasteiger partial charge on any atom is 0.338 e. The number of imidazole rings is 1. The number of hydrogen-bond donors (Lipinski definition) is 0. The van der Waals surface area contributed by atoms with Crippen molar-refractivity contribution in [1.29, 1.82) is 0 Å². The molecule has 0 unspecified atom stereocenters. The Morgan fingerprint density at radius 1 is 1.20 bits per heavy atom. The number of carbonyl (C=O) groups excluding carboxylic acids is 1. The lowest BCUT2D eigenvalue weighted by atomic mass is 10.2. The summed E-state index contributed by atoms with van der Waals surface area (Å²) in [5.74, 6) is 1.75. The minimum absolute atomic E-state index is 0.408. The van der Waals surface area contributed by atoms with E-state index in [1.54, 1.807) is 19.2 Å². The summed E-state index contributed by atoms with van der Waals surface area (Å²) in [5.41, 5.74) is 4.03. The van der Waals surface area contributed by atoms with Gasteiger partial charge in [0.15, 0.2) is 5.82 Å². The molecule has 1 aliphatic carbocycles. The Morgan fingerprint density at radius 2 is 2.03 bits per heavy atom. The normalized spacial score (nSPS) is 13.8. The van der Waals surface area contributed by atoms with E-state index in [-0.39, 0.29) is 0 Å². The van der Waals surface area contributed by atoms with Crippen molar-refractivity contribution >= 4 is 28.0 Å². The molecule has 0 saturated heterocycles. The van der Waals surface area contributed by atoms with E-state index in [1.807, 2.05) is 12.3 Å². The van der Waals surface area contributed by atoms with Gasteiger partial charge in [-0.1, -0.05) is 0 Å². The second kappa shape index (κ2) is 7.16. The van der Waals surface area contributed by atoms with Crippen LogP contribution in [0.15, 0.2) is 36.5 Å². The summed E-state index contributed by atoms with van der Waals surface area (Å²) in [6, 6.07) is 9.69. The highest BCUT2D eigenvalue weighted by Gasteiger charge is 2.27. The van der Waals surface area contributed by atoms with Gasteiger partial charge < -0.3 is 18.6 Å². The van der Waals surface area contributed by atoms with Crippen LogP contribution in [0.3, 0.4) is 0 Å². The predicted octanol–water partition coefficient (Wildman–Crippen LogP) is 4.28. The van der Waals surface area contributed by atoms with Gasteiger partial charge in [-0.05, 0) is 56.0 Å². The molecule has 0 amide bonds. The Bertz CT molecular complexity index is 1270. The summed E-state index contributed by atoms with van der Waals surface area (Å²) in [6.45, 7) is 3.75. The van der Waals surface area contributed by atoms with Crippen molar-refractivity contribution in [2.24, 2.45) is 5.92 Å². The van der Waals surface area contributed by atoms with Crippen molar-refractivity contribution in [3.8, 4) is 17.3 Å². The van der Waals surface area contributed by atoms with Gasteiger partial charge in [-0.2, -0.15) is 0 Å². The fraction of sp³-hybridized carbons (Fsp3) is 0.348. The lowest BCUT2D eigenvalue weighted by Gasteiger charge is -2.12. The molecule has 1 aromatic carbocycles. The van der Waals surface area contributed by atoms with Crippen molar-refractivity contribution < 1.29 is 14.3 Å². The molecule has 5 rings (SSSR count). The fourth-order valence-electron chi connectivity index (χ4n) is 4.14. The smallest absolute Gasteiger partial charge is 0.338 e. The van der Waals surface area contributed by atoms with Gasteiger partial charge in [0.25, 0.3) is 0 Å².